The highest BCUT2D eigenvalue weighted by molar-refractivity contribution is 5.82. The molecule has 1 atom stereocenters. The molecule has 1 fully saturated rings. The first-order chi connectivity index (χ1) is 12.1. The van der Waals surface area contributed by atoms with Gasteiger partial charge in [0.25, 0.3) is 0 Å². The number of hydrogen-bond donors (Lipinski definition) is 0. The fourth-order valence-corrected chi connectivity index (χ4v) is 3.49. The van der Waals surface area contributed by atoms with Gasteiger partial charge in [-0.3, -0.25) is 9.69 Å². The van der Waals surface area contributed by atoms with Crippen molar-refractivity contribution in [1.82, 2.24) is 9.80 Å². The molecule has 1 amide bonds. The fourth-order valence-electron chi connectivity index (χ4n) is 3.49. The highest BCUT2D eigenvalue weighted by atomic mass is 16.6. The number of unbranched alkanes of at least 4 members (excludes halogenated alkanes) is 1. The molecule has 25 heavy (non-hydrogen) atoms. The molecular formula is C19H28N2O4. The van der Waals surface area contributed by atoms with Gasteiger partial charge in [0.15, 0.2) is 11.5 Å². The standard InChI is InChI=1S/C19H28N2O4/c1-4-5-6-15-19(22)20(2)7-8-21(15)13-14-11-17-18(12-16(14)23-3)25-10-9-24-17/h11-12,15H,4-10,13H2,1-3H3/t15-/m0/s1. The second-order valence-electron chi connectivity index (χ2n) is 6.70. The van der Waals surface area contributed by atoms with E-state index in [1.54, 1.807) is 7.11 Å². The van der Waals surface area contributed by atoms with Gasteiger partial charge in [-0.05, 0) is 12.5 Å². The summed E-state index contributed by atoms with van der Waals surface area (Å²) in [4.78, 5) is 16.7. The molecule has 0 unspecified atom stereocenters. The quantitative estimate of drug-likeness (QED) is 0.790. The maximum Gasteiger partial charge on any atom is 0.239 e. The van der Waals surface area contributed by atoms with E-state index in [0.29, 0.717) is 19.8 Å². The predicted octanol–water partition coefficient (Wildman–Crippen LogP) is 2.30. The normalized spacial score (nSPS) is 20.7. The number of carbonyl (C=O) groups excluding carboxylic acids is 1. The Balaban J connectivity index is 1.82. The average molecular weight is 348 g/mol. The molecule has 138 valence electrons. The Kier molecular flexibility index (Phi) is 5.68. The van der Waals surface area contributed by atoms with E-state index in [2.05, 4.69) is 11.8 Å². The van der Waals surface area contributed by atoms with Crippen LogP contribution in [0, 0.1) is 0 Å². The lowest BCUT2D eigenvalue weighted by atomic mass is 10.0. The summed E-state index contributed by atoms with van der Waals surface area (Å²) in [5.41, 5.74) is 1.03. The van der Waals surface area contributed by atoms with Gasteiger partial charge in [-0.15, -0.1) is 0 Å². The smallest absolute Gasteiger partial charge is 0.239 e. The van der Waals surface area contributed by atoms with E-state index in [0.717, 1.165) is 55.2 Å². The zero-order valence-corrected chi connectivity index (χ0v) is 15.4. The van der Waals surface area contributed by atoms with Gasteiger partial charge in [-0.25, -0.2) is 0 Å². The Morgan fingerprint density at radius 1 is 1.20 bits per heavy atom. The van der Waals surface area contributed by atoms with Crippen molar-refractivity contribution < 1.29 is 19.0 Å². The lowest BCUT2D eigenvalue weighted by molar-refractivity contribution is -0.140. The molecule has 0 radical (unpaired) electrons. The molecule has 0 aliphatic carbocycles. The van der Waals surface area contributed by atoms with Crippen molar-refractivity contribution >= 4 is 5.91 Å². The Morgan fingerprint density at radius 3 is 2.60 bits per heavy atom. The van der Waals surface area contributed by atoms with Crippen molar-refractivity contribution in [3.05, 3.63) is 17.7 Å². The van der Waals surface area contributed by atoms with Crippen molar-refractivity contribution in [2.24, 2.45) is 0 Å². The molecule has 6 nitrogen and oxygen atoms in total. The summed E-state index contributed by atoms with van der Waals surface area (Å²) in [6.45, 7) is 5.58. The minimum Gasteiger partial charge on any atom is -0.496 e. The van der Waals surface area contributed by atoms with Crippen LogP contribution in [0.4, 0.5) is 0 Å². The summed E-state index contributed by atoms with van der Waals surface area (Å²) in [6.07, 6.45) is 3.04. The molecule has 0 spiro atoms. The number of benzene rings is 1. The summed E-state index contributed by atoms with van der Waals surface area (Å²) in [6, 6.07) is 3.83. The largest absolute Gasteiger partial charge is 0.496 e. The number of ether oxygens (including phenoxy) is 3. The van der Waals surface area contributed by atoms with Gasteiger partial charge >= 0.3 is 0 Å². The minimum atomic E-state index is -0.0587. The topological polar surface area (TPSA) is 51.2 Å². The van der Waals surface area contributed by atoms with Crippen LogP contribution in [0.1, 0.15) is 31.7 Å². The summed E-state index contributed by atoms with van der Waals surface area (Å²) in [5, 5.41) is 0. The molecule has 1 aromatic carbocycles. The van der Waals surface area contributed by atoms with Crippen LogP contribution in [-0.4, -0.2) is 62.2 Å². The lowest BCUT2D eigenvalue weighted by Crippen LogP contribution is -2.55. The molecule has 0 bridgehead atoms. The summed E-state index contributed by atoms with van der Waals surface area (Å²) >= 11 is 0. The number of piperazine rings is 1. The Bertz CT molecular complexity index is 620. The SMILES string of the molecule is CCCC[C@H]1C(=O)N(C)CCN1Cc1cc2c(cc1OC)OCCO2. The number of likely N-dealkylation sites (N-methyl/N-ethyl adjacent to an activating group) is 1. The Morgan fingerprint density at radius 2 is 1.92 bits per heavy atom. The van der Waals surface area contributed by atoms with Gasteiger partial charge in [-0.1, -0.05) is 19.8 Å². The molecule has 2 heterocycles. The number of rotatable bonds is 6. The Labute approximate surface area is 149 Å². The zero-order valence-electron chi connectivity index (χ0n) is 15.4. The first-order valence-corrected chi connectivity index (χ1v) is 9.09. The molecule has 2 aliphatic heterocycles. The van der Waals surface area contributed by atoms with Crippen LogP contribution in [0.2, 0.25) is 0 Å². The zero-order chi connectivity index (χ0) is 17.8. The second kappa shape index (κ2) is 7.95. The maximum atomic E-state index is 12.6. The third-order valence-corrected chi connectivity index (χ3v) is 4.97. The van der Waals surface area contributed by atoms with Crippen LogP contribution < -0.4 is 14.2 Å². The van der Waals surface area contributed by atoms with Crippen molar-refractivity contribution in [2.75, 3.05) is 40.5 Å². The van der Waals surface area contributed by atoms with Gasteiger partial charge in [0.05, 0.1) is 13.2 Å². The van der Waals surface area contributed by atoms with Crippen LogP contribution in [0.5, 0.6) is 17.2 Å². The van der Waals surface area contributed by atoms with E-state index in [4.69, 9.17) is 14.2 Å². The molecule has 6 heteroatoms. The van der Waals surface area contributed by atoms with Crippen molar-refractivity contribution in [3.8, 4) is 17.2 Å². The van der Waals surface area contributed by atoms with Gasteiger partial charge < -0.3 is 19.1 Å². The molecule has 2 aliphatic rings. The van der Waals surface area contributed by atoms with Crippen molar-refractivity contribution in [1.29, 1.82) is 0 Å². The number of amides is 1. The number of carbonyl (C=O) groups is 1. The molecule has 0 N–H and O–H groups in total. The summed E-state index contributed by atoms with van der Waals surface area (Å²) in [7, 11) is 3.56. The third kappa shape index (κ3) is 3.84. The van der Waals surface area contributed by atoms with Crippen LogP contribution in [0.3, 0.4) is 0 Å². The lowest BCUT2D eigenvalue weighted by Gasteiger charge is -2.39. The fraction of sp³-hybridized carbons (Fsp3) is 0.632. The van der Waals surface area contributed by atoms with E-state index in [9.17, 15) is 4.79 Å². The van der Waals surface area contributed by atoms with E-state index in [1.165, 1.54) is 0 Å². The summed E-state index contributed by atoms with van der Waals surface area (Å²) < 4.78 is 16.9. The van der Waals surface area contributed by atoms with Crippen LogP contribution in [0.25, 0.3) is 0 Å². The van der Waals surface area contributed by atoms with Crippen LogP contribution in [0.15, 0.2) is 12.1 Å². The van der Waals surface area contributed by atoms with Crippen molar-refractivity contribution in [3.63, 3.8) is 0 Å². The van der Waals surface area contributed by atoms with E-state index in [1.807, 2.05) is 24.1 Å². The van der Waals surface area contributed by atoms with Crippen LogP contribution >= 0.6 is 0 Å². The highest BCUT2D eigenvalue weighted by Gasteiger charge is 2.33. The summed E-state index contributed by atoms with van der Waals surface area (Å²) in [5.74, 6) is 2.48. The minimum absolute atomic E-state index is 0.0587. The van der Waals surface area contributed by atoms with Gasteiger partial charge in [0.2, 0.25) is 5.91 Å². The second-order valence-corrected chi connectivity index (χ2v) is 6.70. The highest BCUT2D eigenvalue weighted by Crippen LogP contribution is 2.37. The van der Waals surface area contributed by atoms with Crippen LogP contribution in [-0.2, 0) is 11.3 Å². The third-order valence-electron chi connectivity index (χ3n) is 4.97. The first kappa shape index (κ1) is 17.9. The molecule has 0 saturated carbocycles. The molecule has 3 rings (SSSR count). The first-order valence-electron chi connectivity index (χ1n) is 9.09. The maximum absolute atomic E-state index is 12.6. The number of hydrogen-bond acceptors (Lipinski definition) is 5. The number of methoxy groups -OCH3 is 1. The molecule has 0 aromatic heterocycles. The molecule has 1 saturated heterocycles. The van der Waals surface area contributed by atoms with Crippen molar-refractivity contribution in [2.45, 2.75) is 38.8 Å². The monoisotopic (exact) mass is 348 g/mol. The van der Waals surface area contributed by atoms with E-state index >= 15 is 0 Å². The van der Waals surface area contributed by atoms with Gasteiger partial charge in [0.1, 0.15) is 19.0 Å². The Hall–Kier alpha value is -1.95. The van der Waals surface area contributed by atoms with Gasteiger partial charge in [-0.2, -0.15) is 0 Å². The average Bonchev–Trinajstić information content (AvgIpc) is 2.63. The predicted molar refractivity (Wildman–Crippen MR) is 95.3 cm³/mol. The van der Waals surface area contributed by atoms with Gasteiger partial charge in [0, 0.05) is 38.3 Å². The molecular weight excluding hydrogens is 320 g/mol. The van der Waals surface area contributed by atoms with E-state index < -0.39 is 0 Å². The number of nitrogens with zero attached hydrogens (tertiary/aromatic N) is 2. The molecule has 1 aromatic rings. The van der Waals surface area contributed by atoms with E-state index in [-0.39, 0.29) is 11.9 Å². The number of fused-ring (bicyclic) bond motifs is 1.